The Morgan fingerprint density at radius 1 is 1.30 bits per heavy atom. The molecule has 0 bridgehead atoms. The van der Waals surface area contributed by atoms with E-state index in [4.69, 9.17) is 9.84 Å². The Balaban J connectivity index is 1.89. The Hall–Kier alpha value is -2.54. The van der Waals surface area contributed by atoms with Gasteiger partial charge in [-0.15, -0.1) is 0 Å². The maximum absolute atomic E-state index is 11.1. The van der Waals surface area contributed by atoms with Crippen LogP contribution in [0.3, 0.4) is 0 Å². The van der Waals surface area contributed by atoms with Gasteiger partial charge < -0.3 is 14.7 Å². The Morgan fingerprint density at radius 3 is 2.87 bits per heavy atom. The molecule has 1 atom stereocenters. The molecule has 0 saturated carbocycles. The van der Waals surface area contributed by atoms with Crippen LogP contribution in [0.1, 0.15) is 11.4 Å². The number of aryl methyl sites for hydroxylation is 2. The van der Waals surface area contributed by atoms with Crippen LogP contribution in [0.4, 0.5) is 5.95 Å². The molecule has 1 aliphatic rings. The number of carboxylic acid groups (broad SMARTS) is 1. The van der Waals surface area contributed by atoms with E-state index in [0.717, 1.165) is 22.6 Å². The third-order valence-corrected chi connectivity index (χ3v) is 3.77. The van der Waals surface area contributed by atoms with Crippen molar-refractivity contribution in [3.63, 3.8) is 0 Å². The van der Waals surface area contributed by atoms with Gasteiger partial charge in [-0.05, 0) is 32.0 Å². The van der Waals surface area contributed by atoms with E-state index in [-0.39, 0.29) is 6.54 Å². The molecular weight excluding hydrogens is 296 g/mol. The zero-order valence-electron chi connectivity index (χ0n) is 13.1. The lowest BCUT2D eigenvalue weighted by Crippen LogP contribution is -2.46. The van der Waals surface area contributed by atoms with Crippen LogP contribution in [-0.4, -0.2) is 51.8 Å². The molecule has 0 aromatic carbocycles. The van der Waals surface area contributed by atoms with E-state index in [1.807, 2.05) is 36.9 Å². The van der Waals surface area contributed by atoms with Crippen LogP contribution in [0, 0.1) is 13.8 Å². The van der Waals surface area contributed by atoms with E-state index in [1.54, 1.807) is 6.20 Å². The number of hydrogen-bond acceptors (Lipinski definition) is 6. The number of morpholine rings is 1. The minimum atomic E-state index is -0.968. The Labute approximate surface area is 134 Å². The fourth-order valence-corrected chi connectivity index (χ4v) is 2.59. The number of aliphatic carboxylic acids is 1. The first-order chi connectivity index (χ1) is 11.0. The van der Waals surface area contributed by atoms with Gasteiger partial charge in [0, 0.05) is 29.7 Å². The smallest absolute Gasteiger partial charge is 0.334 e. The predicted octanol–water partition coefficient (Wildman–Crippen LogP) is 1.45. The molecule has 1 N–H and O–H groups in total. The summed E-state index contributed by atoms with van der Waals surface area (Å²) in [5, 5.41) is 9.10. The number of hydrogen-bond donors (Lipinski definition) is 1. The van der Waals surface area contributed by atoms with Crippen molar-refractivity contribution in [1.82, 2.24) is 15.0 Å². The quantitative estimate of drug-likeness (QED) is 0.917. The van der Waals surface area contributed by atoms with Gasteiger partial charge in [0.1, 0.15) is 0 Å². The van der Waals surface area contributed by atoms with E-state index in [9.17, 15) is 4.79 Å². The van der Waals surface area contributed by atoms with Gasteiger partial charge in [-0.1, -0.05) is 0 Å². The zero-order chi connectivity index (χ0) is 16.4. The second-order valence-corrected chi connectivity index (χ2v) is 5.47. The van der Waals surface area contributed by atoms with Crippen molar-refractivity contribution in [2.75, 3.05) is 24.6 Å². The van der Waals surface area contributed by atoms with Crippen LogP contribution in [-0.2, 0) is 9.53 Å². The molecule has 7 heteroatoms. The highest BCUT2D eigenvalue weighted by atomic mass is 16.5. The Morgan fingerprint density at radius 2 is 2.13 bits per heavy atom. The standard InChI is InChI=1S/C16H18N4O3/c1-10-3-4-12(11(2)18-10)13-5-6-17-16(19-13)20-7-8-23-14(9-20)15(21)22/h3-6,14H,7-9H2,1-2H3,(H,21,22)/t14-/m1/s1. The van der Waals surface area contributed by atoms with Gasteiger partial charge in [-0.25, -0.2) is 14.8 Å². The molecule has 0 unspecified atom stereocenters. The molecule has 3 heterocycles. The van der Waals surface area contributed by atoms with Crippen LogP contribution >= 0.6 is 0 Å². The molecule has 1 fully saturated rings. The van der Waals surface area contributed by atoms with E-state index in [1.165, 1.54) is 0 Å². The van der Waals surface area contributed by atoms with E-state index < -0.39 is 12.1 Å². The molecule has 2 aromatic heterocycles. The number of rotatable bonds is 3. The van der Waals surface area contributed by atoms with Crippen molar-refractivity contribution in [2.45, 2.75) is 20.0 Å². The van der Waals surface area contributed by atoms with Gasteiger partial charge in [-0.2, -0.15) is 0 Å². The summed E-state index contributed by atoms with van der Waals surface area (Å²) in [6, 6.07) is 5.76. The van der Waals surface area contributed by atoms with Gasteiger partial charge >= 0.3 is 5.97 Å². The first kappa shape index (κ1) is 15.4. The van der Waals surface area contributed by atoms with Gasteiger partial charge in [0.05, 0.1) is 18.8 Å². The maximum Gasteiger partial charge on any atom is 0.334 e. The number of pyridine rings is 1. The summed E-state index contributed by atoms with van der Waals surface area (Å²) >= 11 is 0. The number of carbonyl (C=O) groups is 1. The van der Waals surface area contributed by atoms with E-state index >= 15 is 0 Å². The van der Waals surface area contributed by atoms with Crippen LogP contribution in [0.25, 0.3) is 11.3 Å². The van der Waals surface area contributed by atoms with Crippen LogP contribution < -0.4 is 4.90 Å². The summed E-state index contributed by atoms with van der Waals surface area (Å²) in [4.78, 5) is 26.2. The molecular formula is C16H18N4O3. The monoisotopic (exact) mass is 314 g/mol. The van der Waals surface area contributed by atoms with Gasteiger partial charge in [0.25, 0.3) is 0 Å². The highest BCUT2D eigenvalue weighted by Gasteiger charge is 2.27. The first-order valence-corrected chi connectivity index (χ1v) is 7.41. The van der Waals surface area contributed by atoms with Crippen molar-refractivity contribution >= 4 is 11.9 Å². The minimum absolute atomic E-state index is 0.240. The average molecular weight is 314 g/mol. The predicted molar refractivity (Wildman–Crippen MR) is 84.3 cm³/mol. The highest BCUT2D eigenvalue weighted by Crippen LogP contribution is 2.22. The van der Waals surface area contributed by atoms with Crippen molar-refractivity contribution in [1.29, 1.82) is 0 Å². The lowest BCUT2D eigenvalue weighted by atomic mass is 10.1. The molecule has 2 aromatic rings. The van der Waals surface area contributed by atoms with E-state index in [2.05, 4.69) is 15.0 Å². The zero-order valence-corrected chi connectivity index (χ0v) is 13.1. The van der Waals surface area contributed by atoms with Gasteiger partial charge in [0.15, 0.2) is 6.10 Å². The number of anilines is 1. The maximum atomic E-state index is 11.1. The largest absolute Gasteiger partial charge is 0.479 e. The molecule has 0 aliphatic carbocycles. The van der Waals surface area contributed by atoms with Gasteiger partial charge in [0.2, 0.25) is 5.95 Å². The second kappa shape index (κ2) is 6.29. The van der Waals surface area contributed by atoms with Crippen molar-refractivity contribution in [3.05, 3.63) is 35.8 Å². The van der Waals surface area contributed by atoms with Crippen LogP contribution in [0.5, 0.6) is 0 Å². The molecule has 1 saturated heterocycles. The minimum Gasteiger partial charge on any atom is -0.479 e. The molecule has 7 nitrogen and oxygen atoms in total. The SMILES string of the molecule is Cc1ccc(-c2ccnc(N3CCO[C@@H](C(=O)O)C3)n2)c(C)n1. The van der Waals surface area contributed by atoms with Crippen molar-refractivity contribution < 1.29 is 14.6 Å². The second-order valence-electron chi connectivity index (χ2n) is 5.47. The third kappa shape index (κ3) is 3.29. The number of nitrogens with zero attached hydrogens (tertiary/aromatic N) is 4. The van der Waals surface area contributed by atoms with Crippen molar-refractivity contribution in [2.24, 2.45) is 0 Å². The lowest BCUT2D eigenvalue weighted by Gasteiger charge is -2.30. The van der Waals surface area contributed by atoms with E-state index in [0.29, 0.717) is 19.1 Å². The molecule has 23 heavy (non-hydrogen) atoms. The Kier molecular flexibility index (Phi) is 4.20. The normalized spacial score (nSPS) is 18.0. The topological polar surface area (TPSA) is 88.4 Å². The summed E-state index contributed by atoms with van der Waals surface area (Å²) in [6.45, 7) is 5.04. The van der Waals surface area contributed by atoms with Gasteiger partial charge in [-0.3, -0.25) is 4.98 Å². The average Bonchev–Trinajstić information content (AvgIpc) is 2.55. The Bertz CT molecular complexity index is 735. The van der Waals surface area contributed by atoms with Crippen molar-refractivity contribution in [3.8, 4) is 11.3 Å². The summed E-state index contributed by atoms with van der Waals surface area (Å²) < 4.78 is 5.23. The molecule has 3 rings (SSSR count). The molecule has 0 radical (unpaired) electrons. The number of ether oxygens (including phenoxy) is 1. The highest BCUT2D eigenvalue weighted by molar-refractivity contribution is 5.73. The number of aromatic nitrogens is 3. The molecule has 0 amide bonds. The number of carboxylic acids is 1. The molecule has 120 valence electrons. The summed E-state index contributed by atoms with van der Waals surface area (Å²) in [6.07, 6.45) is 0.834. The molecule has 1 aliphatic heterocycles. The summed E-state index contributed by atoms with van der Waals surface area (Å²) in [7, 11) is 0. The first-order valence-electron chi connectivity index (χ1n) is 7.41. The fourth-order valence-electron chi connectivity index (χ4n) is 2.59. The molecule has 0 spiro atoms. The summed E-state index contributed by atoms with van der Waals surface area (Å²) in [5.74, 6) is -0.457. The van der Waals surface area contributed by atoms with Crippen LogP contribution in [0.15, 0.2) is 24.4 Å². The lowest BCUT2D eigenvalue weighted by molar-refractivity contribution is -0.150. The summed E-state index contributed by atoms with van der Waals surface area (Å²) in [5.41, 5.74) is 3.58. The fraction of sp³-hybridized carbons (Fsp3) is 0.375. The third-order valence-electron chi connectivity index (χ3n) is 3.77. The van der Waals surface area contributed by atoms with Crippen LogP contribution in [0.2, 0.25) is 0 Å².